The molecule has 2 aromatic rings. The van der Waals surface area contributed by atoms with Gasteiger partial charge in [-0.25, -0.2) is 0 Å². The Bertz CT molecular complexity index is 1000. The lowest BCUT2D eigenvalue weighted by Crippen LogP contribution is -2.50. The van der Waals surface area contributed by atoms with Gasteiger partial charge in [0.05, 0.1) is 35.6 Å². The number of H-pyrrole nitrogens is 1. The number of hydrogen-bond donors (Lipinski definition) is 1. The van der Waals surface area contributed by atoms with Gasteiger partial charge in [-0.15, -0.1) is 0 Å². The molecule has 4 rings (SSSR count). The molecule has 0 aliphatic carbocycles. The largest absolute Gasteiger partial charge is 0.417 e. The van der Waals surface area contributed by atoms with Crippen LogP contribution >= 0.6 is 0 Å². The monoisotopic (exact) mass is 433 g/mol. The first-order valence-corrected chi connectivity index (χ1v) is 9.91. The highest BCUT2D eigenvalue weighted by Crippen LogP contribution is 2.45. The number of anilines is 1. The van der Waals surface area contributed by atoms with Crippen molar-refractivity contribution in [2.75, 3.05) is 44.8 Å². The summed E-state index contributed by atoms with van der Waals surface area (Å²) < 4.78 is 45.8. The van der Waals surface area contributed by atoms with Gasteiger partial charge in [-0.1, -0.05) is 0 Å². The number of methoxy groups -OCH3 is 1. The Morgan fingerprint density at radius 2 is 2.23 bits per heavy atom. The fourth-order valence-electron chi connectivity index (χ4n) is 4.80. The van der Waals surface area contributed by atoms with Crippen molar-refractivity contribution in [2.45, 2.75) is 12.6 Å². The molecule has 164 valence electrons. The van der Waals surface area contributed by atoms with Crippen LogP contribution in [-0.4, -0.2) is 60.9 Å². The summed E-state index contributed by atoms with van der Waals surface area (Å²) in [4.78, 5) is 16.4. The Morgan fingerprint density at radius 3 is 2.87 bits per heavy atom. The van der Waals surface area contributed by atoms with E-state index in [9.17, 15) is 18.0 Å². The Balaban J connectivity index is 1.60. The zero-order chi connectivity index (χ0) is 22.2. The standard InChI is InChI=1S/C21H22F3N5O2/c1-31-13-20-4-5-28(19(30)15-8-26-27-9-15)10-16(20)11-29(12-20)17-3-2-14(7-25)18(6-17)21(22,23)24/h2-3,6,8-9,16H,4-5,10-13H2,1H3,(H,26,27)/t16-,20+/m1/s1. The van der Waals surface area contributed by atoms with Gasteiger partial charge in [-0.05, 0) is 24.6 Å². The van der Waals surface area contributed by atoms with Crippen molar-refractivity contribution in [3.8, 4) is 6.07 Å². The van der Waals surface area contributed by atoms with E-state index in [-0.39, 0.29) is 17.2 Å². The average Bonchev–Trinajstić information content (AvgIpc) is 3.40. The second kappa shape index (κ2) is 7.89. The van der Waals surface area contributed by atoms with Gasteiger partial charge >= 0.3 is 6.18 Å². The molecule has 1 amide bonds. The minimum atomic E-state index is -4.61. The Morgan fingerprint density at radius 1 is 1.42 bits per heavy atom. The fourth-order valence-corrected chi connectivity index (χ4v) is 4.80. The summed E-state index contributed by atoms with van der Waals surface area (Å²) in [6.45, 7) is 2.53. The van der Waals surface area contributed by atoms with Crippen molar-refractivity contribution in [1.82, 2.24) is 15.1 Å². The Labute approximate surface area is 177 Å². The summed E-state index contributed by atoms with van der Waals surface area (Å²) in [5, 5.41) is 15.5. The summed E-state index contributed by atoms with van der Waals surface area (Å²) in [5.41, 5.74) is -0.676. The number of nitrogens with zero attached hydrogens (tertiary/aromatic N) is 4. The van der Waals surface area contributed by atoms with E-state index in [2.05, 4.69) is 10.2 Å². The summed E-state index contributed by atoms with van der Waals surface area (Å²) in [7, 11) is 1.61. The third-order valence-corrected chi connectivity index (χ3v) is 6.39. The number of halogens is 3. The van der Waals surface area contributed by atoms with Crippen LogP contribution in [0.5, 0.6) is 0 Å². The maximum Gasteiger partial charge on any atom is 0.417 e. The molecular weight excluding hydrogens is 411 g/mol. The summed E-state index contributed by atoms with van der Waals surface area (Å²) in [6, 6.07) is 5.44. The molecule has 1 aromatic carbocycles. The van der Waals surface area contributed by atoms with Crippen LogP contribution in [0.2, 0.25) is 0 Å². The van der Waals surface area contributed by atoms with E-state index >= 15 is 0 Å². The number of benzene rings is 1. The molecule has 1 N–H and O–H groups in total. The van der Waals surface area contributed by atoms with E-state index in [1.807, 2.05) is 4.90 Å². The lowest BCUT2D eigenvalue weighted by molar-refractivity contribution is -0.137. The molecule has 2 fully saturated rings. The van der Waals surface area contributed by atoms with Gasteiger partial charge in [0, 0.05) is 56.5 Å². The molecule has 2 saturated heterocycles. The van der Waals surface area contributed by atoms with Crippen LogP contribution in [0.4, 0.5) is 18.9 Å². The predicted octanol–water partition coefficient (Wildman–Crippen LogP) is 2.92. The summed E-state index contributed by atoms with van der Waals surface area (Å²) in [5.74, 6) is -0.0713. The number of carbonyl (C=O) groups is 1. The van der Waals surface area contributed by atoms with Crippen LogP contribution in [0.3, 0.4) is 0 Å². The Kier molecular flexibility index (Phi) is 5.39. The zero-order valence-corrected chi connectivity index (χ0v) is 16.9. The van der Waals surface area contributed by atoms with Crippen LogP contribution in [0.1, 0.15) is 27.9 Å². The van der Waals surface area contributed by atoms with E-state index in [1.165, 1.54) is 12.3 Å². The molecule has 0 radical (unpaired) electrons. The fraction of sp³-hybridized carbons (Fsp3) is 0.476. The van der Waals surface area contributed by atoms with E-state index in [0.29, 0.717) is 50.5 Å². The van der Waals surface area contributed by atoms with Crippen molar-refractivity contribution < 1.29 is 22.7 Å². The molecule has 10 heteroatoms. The number of aromatic amines is 1. The number of fused-ring (bicyclic) bond motifs is 1. The van der Waals surface area contributed by atoms with Gasteiger partial charge in [0.1, 0.15) is 0 Å². The first-order chi connectivity index (χ1) is 14.8. The molecular formula is C21H22F3N5O2. The van der Waals surface area contributed by atoms with Gasteiger partial charge in [-0.3, -0.25) is 9.89 Å². The minimum absolute atomic E-state index is 0.0435. The average molecular weight is 433 g/mol. The number of ether oxygens (including phenoxy) is 1. The Hall–Kier alpha value is -3.06. The van der Waals surface area contributed by atoms with Crippen LogP contribution in [-0.2, 0) is 10.9 Å². The number of nitrogens with one attached hydrogen (secondary N) is 1. The van der Waals surface area contributed by atoms with Gasteiger partial charge < -0.3 is 14.5 Å². The maximum atomic E-state index is 13.4. The van der Waals surface area contributed by atoms with Crippen LogP contribution in [0.25, 0.3) is 0 Å². The number of carbonyl (C=O) groups excluding carboxylic acids is 1. The number of piperidine rings is 1. The first kappa shape index (κ1) is 21.2. The van der Waals surface area contributed by atoms with Crippen molar-refractivity contribution >= 4 is 11.6 Å². The number of nitriles is 1. The molecule has 0 saturated carbocycles. The van der Waals surface area contributed by atoms with Crippen LogP contribution in [0, 0.1) is 22.7 Å². The molecule has 3 heterocycles. The number of amides is 1. The van der Waals surface area contributed by atoms with E-state index in [0.717, 1.165) is 6.07 Å². The van der Waals surface area contributed by atoms with Crippen molar-refractivity contribution in [3.05, 3.63) is 47.3 Å². The lowest BCUT2D eigenvalue weighted by atomic mass is 9.73. The minimum Gasteiger partial charge on any atom is -0.384 e. The number of hydrogen-bond acceptors (Lipinski definition) is 5. The normalized spacial score (nSPS) is 23.5. The highest BCUT2D eigenvalue weighted by atomic mass is 19.4. The molecule has 2 atom stereocenters. The number of alkyl halides is 3. The second-order valence-corrected chi connectivity index (χ2v) is 8.20. The topological polar surface area (TPSA) is 85.2 Å². The predicted molar refractivity (Wildman–Crippen MR) is 105 cm³/mol. The molecule has 7 nitrogen and oxygen atoms in total. The molecule has 0 unspecified atom stereocenters. The van der Waals surface area contributed by atoms with Gasteiger partial charge in [0.15, 0.2) is 0 Å². The number of aromatic nitrogens is 2. The first-order valence-electron chi connectivity index (χ1n) is 9.91. The number of rotatable bonds is 4. The van der Waals surface area contributed by atoms with Gasteiger partial charge in [-0.2, -0.15) is 23.5 Å². The molecule has 31 heavy (non-hydrogen) atoms. The third kappa shape index (κ3) is 3.85. The molecule has 2 aliphatic rings. The van der Waals surface area contributed by atoms with Crippen molar-refractivity contribution in [1.29, 1.82) is 5.26 Å². The third-order valence-electron chi connectivity index (χ3n) is 6.39. The quantitative estimate of drug-likeness (QED) is 0.802. The van der Waals surface area contributed by atoms with E-state index < -0.39 is 17.3 Å². The van der Waals surface area contributed by atoms with Gasteiger partial charge in [0.25, 0.3) is 5.91 Å². The van der Waals surface area contributed by atoms with Gasteiger partial charge in [0.2, 0.25) is 0 Å². The molecule has 2 aliphatic heterocycles. The molecule has 0 spiro atoms. The van der Waals surface area contributed by atoms with Crippen LogP contribution in [0.15, 0.2) is 30.6 Å². The van der Waals surface area contributed by atoms with Crippen molar-refractivity contribution in [3.63, 3.8) is 0 Å². The summed E-state index contributed by atoms with van der Waals surface area (Å²) in [6.07, 6.45) is -0.884. The van der Waals surface area contributed by atoms with Crippen LogP contribution < -0.4 is 4.90 Å². The second-order valence-electron chi connectivity index (χ2n) is 8.20. The SMILES string of the molecule is COC[C@@]12CCN(C(=O)c3cn[nH]c3)C[C@@H]1CN(c1ccc(C#N)c(C(F)(F)F)c1)C2. The van der Waals surface area contributed by atoms with Crippen molar-refractivity contribution in [2.24, 2.45) is 11.3 Å². The highest BCUT2D eigenvalue weighted by molar-refractivity contribution is 5.93. The molecule has 1 aromatic heterocycles. The summed E-state index contributed by atoms with van der Waals surface area (Å²) >= 11 is 0. The van der Waals surface area contributed by atoms with E-state index in [1.54, 1.807) is 30.3 Å². The highest BCUT2D eigenvalue weighted by Gasteiger charge is 2.50. The molecule has 0 bridgehead atoms. The van der Waals surface area contributed by atoms with E-state index in [4.69, 9.17) is 10.00 Å². The number of likely N-dealkylation sites (tertiary alicyclic amines) is 1. The lowest BCUT2D eigenvalue weighted by Gasteiger charge is -2.42. The zero-order valence-electron chi connectivity index (χ0n) is 16.9. The maximum absolute atomic E-state index is 13.4. The smallest absolute Gasteiger partial charge is 0.384 e.